The van der Waals surface area contributed by atoms with Gasteiger partial charge in [0.2, 0.25) is 5.78 Å². The average molecular weight is 186 g/mol. The molecule has 69 valence electrons. The van der Waals surface area contributed by atoms with Gasteiger partial charge in [0.1, 0.15) is 0 Å². The lowest BCUT2D eigenvalue weighted by atomic mass is 10.1. The van der Waals surface area contributed by atoms with Gasteiger partial charge in [0.05, 0.1) is 6.42 Å². The minimum Gasteiger partial charge on any atom is -0.364 e. The molecule has 0 fully saturated rings. The Hall–Kier alpha value is -1.90. The number of hydrogen-bond acceptors (Lipinski definition) is 2. The van der Waals surface area contributed by atoms with Crippen LogP contribution in [0, 0.1) is 0 Å². The van der Waals surface area contributed by atoms with Crippen molar-refractivity contribution in [3.05, 3.63) is 36.2 Å². The van der Waals surface area contributed by atoms with Crippen molar-refractivity contribution in [2.75, 3.05) is 0 Å². The molecule has 0 bridgehead atoms. The van der Waals surface area contributed by atoms with E-state index in [1.807, 2.05) is 30.5 Å². The van der Waals surface area contributed by atoms with E-state index in [1.54, 1.807) is 0 Å². The van der Waals surface area contributed by atoms with E-state index in [9.17, 15) is 9.59 Å². The van der Waals surface area contributed by atoms with Crippen molar-refractivity contribution in [1.82, 2.24) is 4.98 Å². The number of H-pyrrole nitrogens is 1. The van der Waals surface area contributed by atoms with Crippen LogP contribution in [0.25, 0.3) is 10.8 Å². The molecular formula is C11H8NO2. The van der Waals surface area contributed by atoms with Crippen LogP contribution < -0.4 is 0 Å². The Morgan fingerprint density at radius 1 is 1.36 bits per heavy atom. The molecule has 1 aromatic carbocycles. The second kappa shape index (κ2) is 3.46. The number of aromatic nitrogens is 1. The third kappa shape index (κ3) is 1.44. The SMILES string of the molecule is O=[C]C(=O)Cc1[nH]cc2ccccc12. The first-order valence-corrected chi connectivity index (χ1v) is 4.27. The van der Waals surface area contributed by atoms with Gasteiger partial charge < -0.3 is 4.98 Å². The molecule has 3 nitrogen and oxygen atoms in total. The van der Waals surface area contributed by atoms with Crippen molar-refractivity contribution in [3.8, 4) is 0 Å². The van der Waals surface area contributed by atoms with Crippen molar-refractivity contribution >= 4 is 22.8 Å². The zero-order valence-electron chi connectivity index (χ0n) is 7.41. The van der Waals surface area contributed by atoms with Gasteiger partial charge in [-0.05, 0) is 5.39 Å². The smallest absolute Gasteiger partial charge is 0.272 e. The van der Waals surface area contributed by atoms with Crippen LogP contribution in [0.4, 0.5) is 0 Å². The second-order valence-corrected chi connectivity index (χ2v) is 3.06. The van der Waals surface area contributed by atoms with Crippen LogP contribution in [0.2, 0.25) is 0 Å². The molecule has 2 rings (SSSR count). The minimum atomic E-state index is -0.530. The molecule has 0 aliphatic heterocycles. The Morgan fingerprint density at radius 3 is 2.93 bits per heavy atom. The molecular weight excluding hydrogens is 178 g/mol. The summed E-state index contributed by atoms with van der Waals surface area (Å²) in [5.74, 6) is -0.530. The molecule has 0 atom stereocenters. The van der Waals surface area contributed by atoms with Crippen LogP contribution in [-0.2, 0) is 16.0 Å². The highest BCUT2D eigenvalue weighted by Crippen LogP contribution is 2.17. The zero-order chi connectivity index (χ0) is 9.97. The number of nitrogens with one attached hydrogen (secondary N) is 1. The molecule has 3 heteroatoms. The molecule has 1 N–H and O–H groups in total. The van der Waals surface area contributed by atoms with Crippen LogP contribution >= 0.6 is 0 Å². The molecule has 0 aliphatic carbocycles. The standard InChI is InChI=1S/C11H8NO2/c13-7-9(14)5-11-10-4-2-1-3-8(10)6-12-11/h1-4,6,12H,5H2. The average Bonchev–Trinajstić information content (AvgIpc) is 2.62. The molecule has 1 heterocycles. The Balaban J connectivity index is 2.43. The summed E-state index contributed by atoms with van der Waals surface area (Å²) in [4.78, 5) is 23.9. The van der Waals surface area contributed by atoms with E-state index in [4.69, 9.17) is 0 Å². The maximum atomic E-state index is 10.9. The number of aromatic amines is 1. The van der Waals surface area contributed by atoms with Crippen LogP contribution in [0.3, 0.4) is 0 Å². The van der Waals surface area contributed by atoms with Crippen molar-refractivity contribution in [2.24, 2.45) is 0 Å². The first-order valence-electron chi connectivity index (χ1n) is 4.27. The fourth-order valence-corrected chi connectivity index (χ4v) is 1.48. The molecule has 0 unspecified atom stereocenters. The number of rotatable bonds is 3. The number of benzene rings is 1. The molecule has 2 aromatic rings. The van der Waals surface area contributed by atoms with Gasteiger partial charge in [-0.2, -0.15) is 0 Å². The predicted octanol–water partition coefficient (Wildman–Crippen LogP) is 1.39. The second-order valence-electron chi connectivity index (χ2n) is 3.06. The van der Waals surface area contributed by atoms with Gasteiger partial charge >= 0.3 is 0 Å². The van der Waals surface area contributed by atoms with Gasteiger partial charge in [-0.1, -0.05) is 24.3 Å². The minimum absolute atomic E-state index is 0.0943. The molecule has 0 spiro atoms. The number of Topliss-reactive ketones (excluding diaryl/α,β-unsaturated/α-hetero) is 1. The van der Waals surface area contributed by atoms with Crippen molar-refractivity contribution in [2.45, 2.75) is 6.42 Å². The van der Waals surface area contributed by atoms with Crippen LogP contribution in [0.5, 0.6) is 0 Å². The fraction of sp³-hybridized carbons (Fsp3) is 0.0909. The Kier molecular flexibility index (Phi) is 2.14. The molecule has 0 aliphatic rings. The number of ketones is 1. The number of hydrogen-bond donors (Lipinski definition) is 1. The van der Waals surface area contributed by atoms with E-state index >= 15 is 0 Å². The van der Waals surface area contributed by atoms with E-state index in [2.05, 4.69) is 4.98 Å². The van der Waals surface area contributed by atoms with Crippen molar-refractivity contribution in [1.29, 1.82) is 0 Å². The highest BCUT2D eigenvalue weighted by molar-refractivity contribution is 6.26. The van der Waals surface area contributed by atoms with Crippen LogP contribution in [0.1, 0.15) is 5.69 Å². The third-order valence-electron chi connectivity index (χ3n) is 2.14. The Labute approximate surface area is 80.7 Å². The summed E-state index contributed by atoms with van der Waals surface area (Å²) < 4.78 is 0. The van der Waals surface area contributed by atoms with Crippen molar-refractivity contribution in [3.63, 3.8) is 0 Å². The summed E-state index contributed by atoms with van der Waals surface area (Å²) in [5, 5.41) is 2.03. The molecule has 0 saturated heterocycles. The lowest BCUT2D eigenvalue weighted by Crippen LogP contribution is -2.03. The highest BCUT2D eigenvalue weighted by atomic mass is 16.2. The first-order chi connectivity index (χ1) is 6.81. The summed E-state index contributed by atoms with van der Waals surface area (Å²) in [5.41, 5.74) is 0.772. The largest absolute Gasteiger partial charge is 0.364 e. The molecule has 1 radical (unpaired) electrons. The Bertz CT molecular complexity index is 485. The van der Waals surface area contributed by atoms with E-state index < -0.39 is 5.78 Å². The Morgan fingerprint density at radius 2 is 2.14 bits per heavy atom. The monoisotopic (exact) mass is 186 g/mol. The summed E-state index contributed by atoms with van der Waals surface area (Å²) in [7, 11) is 0. The molecule has 0 saturated carbocycles. The number of carbonyl (C=O) groups excluding carboxylic acids is 2. The van der Waals surface area contributed by atoms with Gasteiger partial charge in [0.25, 0.3) is 6.29 Å². The summed E-state index contributed by atoms with van der Waals surface area (Å²) in [6.07, 6.45) is 3.28. The zero-order valence-corrected chi connectivity index (χ0v) is 7.41. The third-order valence-corrected chi connectivity index (χ3v) is 2.14. The molecule has 1 aromatic heterocycles. The number of fused-ring (bicyclic) bond motifs is 1. The summed E-state index contributed by atoms with van der Waals surface area (Å²) in [6.45, 7) is 0. The highest BCUT2D eigenvalue weighted by Gasteiger charge is 2.07. The number of carbonyl (C=O) groups is 1. The van der Waals surface area contributed by atoms with Gasteiger partial charge in [-0.15, -0.1) is 0 Å². The summed E-state index contributed by atoms with van der Waals surface area (Å²) >= 11 is 0. The first kappa shape index (κ1) is 8.69. The normalized spacial score (nSPS) is 10.3. The van der Waals surface area contributed by atoms with Gasteiger partial charge in [0, 0.05) is 17.3 Å². The molecule has 14 heavy (non-hydrogen) atoms. The summed E-state index contributed by atoms with van der Waals surface area (Å²) in [6, 6.07) is 7.69. The van der Waals surface area contributed by atoms with Crippen molar-refractivity contribution < 1.29 is 9.59 Å². The maximum Gasteiger partial charge on any atom is 0.272 e. The van der Waals surface area contributed by atoms with Crippen LogP contribution in [0.15, 0.2) is 30.5 Å². The van der Waals surface area contributed by atoms with E-state index in [0.29, 0.717) is 0 Å². The molecule has 0 amide bonds. The predicted molar refractivity (Wildman–Crippen MR) is 52.7 cm³/mol. The van der Waals surface area contributed by atoms with E-state index in [0.717, 1.165) is 16.5 Å². The van der Waals surface area contributed by atoms with Crippen LogP contribution in [-0.4, -0.2) is 17.1 Å². The van der Waals surface area contributed by atoms with E-state index in [-0.39, 0.29) is 6.42 Å². The topological polar surface area (TPSA) is 49.9 Å². The lowest BCUT2D eigenvalue weighted by molar-refractivity contribution is -0.112. The van der Waals surface area contributed by atoms with E-state index in [1.165, 1.54) is 6.29 Å². The van der Waals surface area contributed by atoms with Gasteiger partial charge in [-0.3, -0.25) is 9.59 Å². The van der Waals surface area contributed by atoms with Gasteiger partial charge in [0.15, 0.2) is 0 Å². The maximum absolute atomic E-state index is 10.9. The quantitative estimate of drug-likeness (QED) is 0.736. The lowest BCUT2D eigenvalue weighted by Gasteiger charge is -1.93. The fourth-order valence-electron chi connectivity index (χ4n) is 1.48. The van der Waals surface area contributed by atoms with Gasteiger partial charge in [-0.25, -0.2) is 0 Å².